The van der Waals surface area contributed by atoms with Crippen LogP contribution >= 0.6 is 0 Å². The average molecular weight is 697 g/mol. The number of hydrogen-bond acceptors (Lipinski definition) is 3. The van der Waals surface area contributed by atoms with Crippen molar-refractivity contribution in [3.63, 3.8) is 0 Å². The number of halogens is 9. The summed E-state index contributed by atoms with van der Waals surface area (Å²) in [5.74, 6) is -18.4. The van der Waals surface area contributed by atoms with E-state index in [4.69, 9.17) is 0 Å². The molecule has 0 bridgehead atoms. The fourth-order valence-electron chi connectivity index (χ4n) is 6.03. The van der Waals surface area contributed by atoms with Crippen LogP contribution in [0.5, 0.6) is 11.5 Å². The lowest BCUT2D eigenvalue weighted by molar-refractivity contribution is -0.396. The maximum Gasteiger partial charge on any atom is 0.460 e. The Kier molecular flexibility index (Phi) is 13.6. The van der Waals surface area contributed by atoms with E-state index in [0.717, 1.165) is 85.8 Å². The van der Waals surface area contributed by atoms with E-state index in [9.17, 15) is 49.7 Å². The van der Waals surface area contributed by atoms with E-state index in [0.29, 0.717) is 19.4 Å². The second kappa shape index (κ2) is 16.5. The SMILES string of the molecule is Cc1c(-c2ccc(O)cc2)n(CCCCCCCCCN(C)CCCCCCC(F)(F)C(F)(F)C(F)(F)C(F)(F)F)c2ccc(O)cc12. The number of rotatable bonds is 20. The molecule has 0 atom stereocenters. The molecular weight excluding hydrogens is 651 g/mol. The largest absolute Gasteiger partial charge is 0.508 e. The normalized spacial score (nSPS) is 13.2. The zero-order valence-electron chi connectivity index (χ0n) is 27.3. The van der Waals surface area contributed by atoms with Crippen molar-refractivity contribution in [3.8, 4) is 22.8 Å². The molecule has 0 amide bonds. The molecular formula is C35H45F9N2O2. The molecule has 4 nitrogen and oxygen atoms in total. The number of alkyl halides is 9. The Morgan fingerprint density at radius 2 is 1.12 bits per heavy atom. The van der Waals surface area contributed by atoms with Gasteiger partial charge in [-0.05, 0) is 106 Å². The summed E-state index contributed by atoms with van der Waals surface area (Å²) in [6.45, 7) is 4.29. The fourth-order valence-corrected chi connectivity index (χ4v) is 6.03. The molecule has 0 aliphatic carbocycles. The van der Waals surface area contributed by atoms with Gasteiger partial charge in [-0.3, -0.25) is 0 Å². The predicted octanol–water partition coefficient (Wildman–Crippen LogP) is 11.1. The summed E-state index contributed by atoms with van der Waals surface area (Å²) in [6, 6.07) is 12.5. The molecule has 13 heteroatoms. The first-order valence-corrected chi connectivity index (χ1v) is 16.4. The zero-order valence-corrected chi connectivity index (χ0v) is 27.3. The van der Waals surface area contributed by atoms with Gasteiger partial charge in [0.1, 0.15) is 11.5 Å². The second-order valence-electron chi connectivity index (χ2n) is 12.7. The predicted molar refractivity (Wildman–Crippen MR) is 169 cm³/mol. The monoisotopic (exact) mass is 696 g/mol. The van der Waals surface area contributed by atoms with Crippen LogP contribution in [0.25, 0.3) is 22.2 Å². The van der Waals surface area contributed by atoms with Gasteiger partial charge in [-0.2, -0.15) is 39.5 Å². The highest BCUT2D eigenvalue weighted by Gasteiger charge is 2.81. The molecule has 0 aliphatic heterocycles. The quantitative estimate of drug-likeness (QED) is 0.0913. The van der Waals surface area contributed by atoms with Crippen molar-refractivity contribution in [1.29, 1.82) is 0 Å². The summed E-state index contributed by atoms with van der Waals surface area (Å²) in [7, 11) is 1.90. The van der Waals surface area contributed by atoms with Gasteiger partial charge < -0.3 is 19.7 Å². The molecule has 1 aromatic heterocycles. The van der Waals surface area contributed by atoms with Crippen molar-refractivity contribution >= 4 is 10.9 Å². The van der Waals surface area contributed by atoms with E-state index in [-0.39, 0.29) is 17.9 Å². The summed E-state index contributed by atoms with van der Waals surface area (Å²) in [4.78, 5) is 2.06. The fraction of sp³-hybridized carbons (Fsp3) is 0.600. The Morgan fingerprint density at radius 1 is 0.625 bits per heavy atom. The molecule has 3 aromatic rings. The Labute approximate surface area is 275 Å². The molecule has 0 unspecified atom stereocenters. The highest BCUT2D eigenvalue weighted by molar-refractivity contribution is 5.92. The van der Waals surface area contributed by atoms with Crippen molar-refractivity contribution < 1.29 is 49.7 Å². The standard InChI is InChI=1S/C35H45F9N2O2/c1-25-29-24-28(48)18-19-30(29)46(31(25)26-14-16-27(47)17-15-26)23-13-8-5-3-4-7-11-21-45(2)22-12-9-6-10-20-32(36,37)33(38,39)34(40,41)35(42,43)44/h14-19,24,47-48H,3-13,20-23H2,1-2H3. The number of phenols is 2. The van der Waals surface area contributed by atoms with Crippen LogP contribution in [0, 0.1) is 6.92 Å². The minimum atomic E-state index is -6.82. The zero-order chi connectivity index (χ0) is 35.8. The van der Waals surface area contributed by atoms with Crippen LogP contribution < -0.4 is 0 Å². The van der Waals surface area contributed by atoms with E-state index in [1.807, 2.05) is 32.2 Å². The molecule has 0 aliphatic rings. The molecule has 0 saturated carbocycles. The third kappa shape index (κ3) is 9.53. The van der Waals surface area contributed by atoms with E-state index in [2.05, 4.69) is 9.47 Å². The lowest BCUT2D eigenvalue weighted by Crippen LogP contribution is -2.60. The molecule has 2 N–H and O–H groups in total. The van der Waals surface area contributed by atoms with Gasteiger partial charge in [0, 0.05) is 23.9 Å². The Hall–Kier alpha value is -3.09. The third-order valence-corrected chi connectivity index (χ3v) is 8.85. The van der Waals surface area contributed by atoms with Gasteiger partial charge in [-0.1, -0.05) is 44.9 Å². The molecule has 0 radical (unpaired) electrons. The van der Waals surface area contributed by atoms with Crippen molar-refractivity contribution in [2.24, 2.45) is 0 Å². The Bertz CT molecular complexity index is 1440. The molecule has 3 rings (SSSR count). The van der Waals surface area contributed by atoms with E-state index in [1.54, 1.807) is 24.3 Å². The van der Waals surface area contributed by atoms with E-state index in [1.165, 1.54) is 0 Å². The van der Waals surface area contributed by atoms with Crippen LogP contribution in [-0.2, 0) is 6.54 Å². The first-order chi connectivity index (χ1) is 22.4. The van der Waals surface area contributed by atoms with Gasteiger partial charge in [0.2, 0.25) is 0 Å². The number of aryl methyl sites for hydroxylation is 2. The smallest absolute Gasteiger partial charge is 0.460 e. The molecule has 0 saturated heterocycles. The minimum Gasteiger partial charge on any atom is -0.508 e. The van der Waals surface area contributed by atoms with Crippen LogP contribution in [0.2, 0.25) is 0 Å². The molecule has 1 heterocycles. The highest BCUT2D eigenvalue weighted by Crippen LogP contribution is 2.54. The Morgan fingerprint density at radius 3 is 1.69 bits per heavy atom. The van der Waals surface area contributed by atoms with Crippen molar-refractivity contribution in [2.45, 2.75) is 114 Å². The number of hydrogen-bond donors (Lipinski definition) is 2. The maximum atomic E-state index is 13.6. The molecule has 0 spiro atoms. The summed E-state index contributed by atoms with van der Waals surface area (Å²) in [6.07, 6.45) is -0.910. The lowest BCUT2D eigenvalue weighted by Gasteiger charge is -2.33. The van der Waals surface area contributed by atoms with E-state index >= 15 is 0 Å². The lowest BCUT2D eigenvalue weighted by atomic mass is 9.98. The number of phenolic OH excluding ortho intramolecular Hbond substituents is 2. The van der Waals surface area contributed by atoms with Crippen LogP contribution in [0.15, 0.2) is 42.5 Å². The topological polar surface area (TPSA) is 48.6 Å². The van der Waals surface area contributed by atoms with Crippen molar-refractivity contribution in [2.75, 3.05) is 20.1 Å². The average Bonchev–Trinajstić information content (AvgIpc) is 3.27. The Balaban J connectivity index is 1.29. The summed E-state index contributed by atoms with van der Waals surface area (Å²) in [5, 5.41) is 20.8. The van der Waals surface area contributed by atoms with Gasteiger partial charge in [-0.15, -0.1) is 0 Å². The summed E-state index contributed by atoms with van der Waals surface area (Å²) in [5.41, 5.74) is 4.19. The highest BCUT2D eigenvalue weighted by atomic mass is 19.4. The molecule has 48 heavy (non-hydrogen) atoms. The number of aromatic nitrogens is 1. The van der Waals surface area contributed by atoms with Crippen LogP contribution in [0.3, 0.4) is 0 Å². The van der Waals surface area contributed by atoms with Gasteiger partial charge in [0.05, 0.1) is 5.69 Å². The van der Waals surface area contributed by atoms with Gasteiger partial charge in [-0.25, -0.2) is 0 Å². The number of fused-ring (bicyclic) bond motifs is 1. The molecule has 270 valence electrons. The minimum absolute atomic E-state index is 0.0129. The summed E-state index contributed by atoms with van der Waals surface area (Å²) < 4.78 is 119. The van der Waals surface area contributed by atoms with Gasteiger partial charge >= 0.3 is 23.9 Å². The third-order valence-electron chi connectivity index (χ3n) is 8.85. The molecule has 2 aromatic carbocycles. The summed E-state index contributed by atoms with van der Waals surface area (Å²) >= 11 is 0. The first-order valence-electron chi connectivity index (χ1n) is 16.4. The van der Waals surface area contributed by atoms with Crippen molar-refractivity contribution in [3.05, 3.63) is 48.0 Å². The van der Waals surface area contributed by atoms with Crippen LogP contribution in [-0.4, -0.2) is 63.8 Å². The van der Waals surface area contributed by atoms with Gasteiger partial charge in [0.15, 0.2) is 0 Å². The number of unbranched alkanes of at least 4 members (excludes halogenated alkanes) is 9. The van der Waals surface area contributed by atoms with Crippen LogP contribution in [0.4, 0.5) is 39.5 Å². The second-order valence-corrected chi connectivity index (χ2v) is 12.7. The van der Waals surface area contributed by atoms with Gasteiger partial charge in [0.25, 0.3) is 0 Å². The molecule has 0 fully saturated rings. The first kappa shape index (κ1) is 39.3. The number of nitrogens with zero attached hydrogens (tertiary/aromatic N) is 2. The van der Waals surface area contributed by atoms with Crippen molar-refractivity contribution in [1.82, 2.24) is 9.47 Å². The van der Waals surface area contributed by atoms with Crippen LogP contribution in [0.1, 0.15) is 82.6 Å². The maximum absolute atomic E-state index is 13.6. The number of aromatic hydroxyl groups is 2. The number of benzene rings is 2. The van der Waals surface area contributed by atoms with E-state index < -0.39 is 36.8 Å².